The number of hydrogen-bond donors (Lipinski definition) is 1. The number of benzene rings is 1. The van der Waals surface area contributed by atoms with Crippen molar-refractivity contribution in [2.24, 2.45) is 11.1 Å². The van der Waals surface area contributed by atoms with E-state index in [9.17, 15) is 0 Å². The maximum Gasteiger partial charge on any atom is 0.0233 e. The lowest BCUT2D eigenvalue weighted by Crippen LogP contribution is -2.39. The molecule has 0 unspecified atom stereocenters. The van der Waals surface area contributed by atoms with Gasteiger partial charge in [0.25, 0.3) is 0 Å². The molecule has 1 aromatic rings. The van der Waals surface area contributed by atoms with Crippen molar-refractivity contribution in [3.8, 4) is 0 Å². The lowest BCUT2D eigenvalue weighted by molar-refractivity contribution is 0.234. The molecule has 0 amide bonds. The summed E-state index contributed by atoms with van der Waals surface area (Å²) in [5.41, 5.74) is 8.18. The van der Waals surface area contributed by atoms with E-state index in [-0.39, 0.29) is 0 Å². The number of hydrogen-bond acceptors (Lipinski definition) is 2. The van der Waals surface area contributed by atoms with E-state index < -0.39 is 0 Å². The molecule has 1 aromatic carbocycles. The van der Waals surface area contributed by atoms with Gasteiger partial charge in [0.15, 0.2) is 0 Å². The average Bonchev–Trinajstić information content (AvgIpc) is 2.90. The van der Waals surface area contributed by atoms with Crippen molar-refractivity contribution in [1.82, 2.24) is 4.90 Å². The molecule has 2 aliphatic rings. The van der Waals surface area contributed by atoms with Crippen LogP contribution in [0.5, 0.6) is 0 Å². The summed E-state index contributed by atoms with van der Waals surface area (Å²) < 4.78 is 0. The van der Waals surface area contributed by atoms with Crippen molar-refractivity contribution >= 4 is 0 Å². The topological polar surface area (TPSA) is 29.3 Å². The molecule has 0 radical (unpaired) electrons. The molecule has 92 valence electrons. The van der Waals surface area contributed by atoms with Gasteiger partial charge in [0.2, 0.25) is 0 Å². The van der Waals surface area contributed by atoms with Gasteiger partial charge in [-0.05, 0) is 36.8 Å². The minimum absolute atomic E-state index is 0.447. The number of rotatable bonds is 2. The standard InChI is InChI=1S/C15H22N2/c16-14-7-4-8-15(14)9-10-17(12-15)11-13-5-2-1-3-6-13/h1-3,5-6,14H,4,7-12,16H2/t14-,15-/m0/s1. The van der Waals surface area contributed by atoms with E-state index in [1.54, 1.807) is 0 Å². The summed E-state index contributed by atoms with van der Waals surface area (Å²) in [4.78, 5) is 2.58. The minimum atomic E-state index is 0.447. The van der Waals surface area contributed by atoms with Gasteiger partial charge >= 0.3 is 0 Å². The van der Waals surface area contributed by atoms with Crippen LogP contribution in [0.15, 0.2) is 30.3 Å². The first kappa shape index (κ1) is 11.2. The van der Waals surface area contributed by atoms with Crippen LogP contribution in [-0.2, 0) is 6.54 Å². The van der Waals surface area contributed by atoms with E-state index in [0.717, 1.165) is 6.54 Å². The highest BCUT2D eigenvalue weighted by atomic mass is 15.2. The maximum atomic E-state index is 6.30. The number of likely N-dealkylation sites (tertiary alicyclic amines) is 1. The third kappa shape index (κ3) is 2.12. The van der Waals surface area contributed by atoms with E-state index in [1.807, 2.05) is 0 Å². The second kappa shape index (κ2) is 4.43. The Labute approximate surface area is 104 Å². The van der Waals surface area contributed by atoms with Crippen molar-refractivity contribution in [2.45, 2.75) is 38.3 Å². The van der Waals surface area contributed by atoms with E-state index in [1.165, 1.54) is 44.3 Å². The predicted octanol–water partition coefficient (Wildman–Crippen LogP) is 2.39. The molecule has 2 fully saturated rings. The molecule has 3 rings (SSSR count). The SMILES string of the molecule is N[C@H]1CCC[C@@]12CCN(Cc1ccccc1)C2. The van der Waals surface area contributed by atoms with Crippen molar-refractivity contribution in [3.63, 3.8) is 0 Å². The molecule has 1 spiro atoms. The van der Waals surface area contributed by atoms with Crippen LogP contribution >= 0.6 is 0 Å². The summed E-state index contributed by atoms with van der Waals surface area (Å²) in [5, 5.41) is 0. The Morgan fingerprint density at radius 3 is 2.76 bits per heavy atom. The van der Waals surface area contributed by atoms with Gasteiger partial charge in [-0.2, -0.15) is 0 Å². The van der Waals surface area contributed by atoms with Gasteiger partial charge in [-0.1, -0.05) is 36.8 Å². The Hall–Kier alpha value is -0.860. The molecule has 2 atom stereocenters. The summed E-state index contributed by atoms with van der Waals surface area (Å²) in [6.07, 6.45) is 5.22. The third-order valence-corrected chi connectivity index (χ3v) is 4.69. The Morgan fingerprint density at radius 1 is 1.24 bits per heavy atom. The normalized spacial score (nSPS) is 33.6. The number of nitrogens with two attached hydrogens (primary N) is 1. The lowest BCUT2D eigenvalue weighted by atomic mass is 9.82. The summed E-state index contributed by atoms with van der Waals surface area (Å²) >= 11 is 0. The van der Waals surface area contributed by atoms with Crippen LogP contribution in [0.2, 0.25) is 0 Å². The summed E-state index contributed by atoms with van der Waals surface area (Å²) in [6, 6.07) is 11.2. The van der Waals surface area contributed by atoms with Gasteiger partial charge < -0.3 is 5.73 Å². The highest BCUT2D eigenvalue weighted by Crippen LogP contribution is 2.44. The molecule has 1 heterocycles. The summed E-state index contributed by atoms with van der Waals surface area (Å²) in [5.74, 6) is 0. The van der Waals surface area contributed by atoms with Gasteiger partial charge in [0, 0.05) is 19.1 Å². The zero-order chi connectivity index (χ0) is 11.7. The molecular formula is C15H22N2. The molecule has 1 saturated carbocycles. The Morgan fingerprint density at radius 2 is 2.06 bits per heavy atom. The van der Waals surface area contributed by atoms with Crippen molar-refractivity contribution < 1.29 is 0 Å². The Kier molecular flexibility index (Phi) is 2.93. The highest BCUT2D eigenvalue weighted by molar-refractivity contribution is 5.15. The van der Waals surface area contributed by atoms with E-state index >= 15 is 0 Å². The van der Waals surface area contributed by atoms with E-state index in [4.69, 9.17) is 5.73 Å². The van der Waals surface area contributed by atoms with Gasteiger partial charge in [-0.15, -0.1) is 0 Å². The molecule has 1 aliphatic heterocycles. The summed E-state index contributed by atoms with van der Waals surface area (Å²) in [6.45, 7) is 3.53. The second-order valence-corrected chi connectivity index (χ2v) is 5.81. The fourth-order valence-electron chi connectivity index (χ4n) is 3.63. The first-order valence-corrected chi connectivity index (χ1v) is 6.80. The molecule has 0 bridgehead atoms. The first-order valence-electron chi connectivity index (χ1n) is 6.80. The van der Waals surface area contributed by atoms with E-state index in [0.29, 0.717) is 11.5 Å². The zero-order valence-electron chi connectivity index (χ0n) is 10.4. The fraction of sp³-hybridized carbons (Fsp3) is 0.600. The largest absolute Gasteiger partial charge is 0.327 e. The monoisotopic (exact) mass is 230 g/mol. The third-order valence-electron chi connectivity index (χ3n) is 4.69. The molecule has 17 heavy (non-hydrogen) atoms. The molecule has 2 nitrogen and oxygen atoms in total. The predicted molar refractivity (Wildman–Crippen MR) is 70.6 cm³/mol. The average molecular weight is 230 g/mol. The van der Waals surface area contributed by atoms with Crippen molar-refractivity contribution in [1.29, 1.82) is 0 Å². The van der Waals surface area contributed by atoms with Crippen LogP contribution in [-0.4, -0.2) is 24.0 Å². The molecular weight excluding hydrogens is 208 g/mol. The van der Waals surface area contributed by atoms with Crippen LogP contribution in [0.3, 0.4) is 0 Å². The van der Waals surface area contributed by atoms with E-state index in [2.05, 4.69) is 35.2 Å². The van der Waals surface area contributed by atoms with Gasteiger partial charge in [0.1, 0.15) is 0 Å². The molecule has 0 aromatic heterocycles. The fourth-order valence-corrected chi connectivity index (χ4v) is 3.63. The lowest BCUT2D eigenvalue weighted by Gasteiger charge is -2.28. The first-order chi connectivity index (χ1) is 8.28. The molecule has 2 heteroatoms. The second-order valence-electron chi connectivity index (χ2n) is 5.81. The van der Waals surface area contributed by atoms with Gasteiger partial charge in [0.05, 0.1) is 0 Å². The van der Waals surface area contributed by atoms with Crippen LogP contribution < -0.4 is 5.73 Å². The molecule has 1 saturated heterocycles. The highest BCUT2D eigenvalue weighted by Gasteiger charge is 2.45. The van der Waals surface area contributed by atoms with Crippen LogP contribution in [0.4, 0.5) is 0 Å². The quantitative estimate of drug-likeness (QED) is 0.845. The number of nitrogens with zero attached hydrogens (tertiary/aromatic N) is 1. The van der Waals surface area contributed by atoms with Crippen molar-refractivity contribution in [2.75, 3.05) is 13.1 Å². The smallest absolute Gasteiger partial charge is 0.0233 e. The minimum Gasteiger partial charge on any atom is -0.327 e. The maximum absolute atomic E-state index is 6.30. The molecule has 2 N–H and O–H groups in total. The summed E-state index contributed by atoms with van der Waals surface area (Å²) in [7, 11) is 0. The van der Waals surface area contributed by atoms with Crippen LogP contribution in [0.25, 0.3) is 0 Å². The Balaban J connectivity index is 1.65. The Bertz CT molecular complexity index is 376. The van der Waals surface area contributed by atoms with Gasteiger partial charge in [-0.3, -0.25) is 4.90 Å². The van der Waals surface area contributed by atoms with Crippen molar-refractivity contribution in [3.05, 3.63) is 35.9 Å². The zero-order valence-corrected chi connectivity index (χ0v) is 10.4. The van der Waals surface area contributed by atoms with Crippen LogP contribution in [0, 0.1) is 5.41 Å². The van der Waals surface area contributed by atoms with Gasteiger partial charge in [-0.25, -0.2) is 0 Å². The van der Waals surface area contributed by atoms with Crippen LogP contribution in [0.1, 0.15) is 31.2 Å². The molecule has 1 aliphatic carbocycles.